The summed E-state index contributed by atoms with van der Waals surface area (Å²) >= 11 is 0. The Kier molecular flexibility index (Phi) is 7.75. The Balaban J connectivity index is 2.53. The number of likely N-dealkylation sites (N-methyl/N-ethyl adjacent to an activating group) is 1. The summed E-state index contributed by atoms with van der Waals surface area (Å²) in [6.07, 6.45) is 8.68. The van der Waals surface area contributed by atoms with Gasteiger partial charge >= 0.3 is 0 Å². The first kappa shape index (κ1) is 16.2. The van der Waals surface area contributed by atoms with Crippen LogP contribution in [0, 0.1) is 0 Å². The predicted molar refractivity (Wildman–Crippen MR) is 79.4 cm³/mol. The van der Waals surface area contributed by atoms with Gasteiger partial charge in [-0.2, -0.15) is 0 Å². The molecule has 110 valence electrons. The minimum Gasteiger partial charge on any atom is -0.382 e. The molecule has 4 heteroatoms. The molecule has 1 aromatic rings. The average Bonchev–Trinajstić information content (AvgIpc) is 2.83. The summed E-state index contributed by atoms with van der Waals surface area (Å²) in [5.74, 6) is 1.19. The van der Waals surface area contributed by atoms with Crippen LogP contribution in [0.1, 0.15) is 45.9 Å². The number of nitrogens with one attached hydrogen (secondary N) is 1. The Morgan fingerprint density at radius 1 is 1.37 bits per heavy atom. The maximum Gasteiger partial charge on any atom is 0.110 e. The number of imidazole rings is 1. The molecular formula is C15H29N3O. The quantitative estimate of drug-likeness (QED) is 0.708. The van der Waals surface area contributed by atoms with Crippen LogP contribution in [0.5, 0.6) is 0 Å². The number of hydrogen-bond donors (Lipinski definition) is 1. The Morgan fingerprint density at radius 3 is 2.79 bits per heavy atom. The molecule has 19 heavy (non-hydrogen) atoms. The third-order valence-corrected chi connectivity index (χ3v) is 3.51. The van der Waals surface area contributed by atoms with E-state index in [1.54, 1.807) is 7.11 Å². The van der Waals surface area contributed by atoms with Crippen molar-refractivity contribution in [2.24, 2.45) is 0 Å². The van der Waals surface area contributed by atoms with E-state index >= 15 is 0 Å². The molecule has 1 rings (SSSR count). The first-order valence-corrected chi connectivity index (χ1v) is 7.47. The van der Waals surface area contributed by atoms with Gasteiger partial charge in [-0.1, -0.05) is 13.8 Å². The minimum absolute atomic E-state index is 0.330. The summed E-state index contributed by atoms with van der Waals surface area (Å²) in [6.45, 7) is 8.54. The largest absolute Gasteiger partial charge is 0.382 e. The molecule has 2 unspecified atom stereocenters. The zero-order chi connectivity index (χ0) is 14.1. The number of hydrogen-bond acceptors (Lipinski definition) is 3. The van der Waals surface area contributed by atoms with Gasteiger partial charge in [0.25, 0.3) is 0 Å². The Labute approximate surface area is 117 Å². The fourth-order valence-corrected chi connectivity index (χ4v) is 2.31. The molecule has 0 aliphatic rings. The van der Waals surface area contributed by atoms with E-state index in [0.29, 0.717) is 12.1 Å². The second-order valence-corrected chi connectivity index (χ2v) is 5.12. The lowest BCUT2D eigenvalue weighted by atomic mass is 10.0. The third-order valence-electron chi connectivity index (χ3n) is 3.51. The van der Waals surface area contributed by atoms with Gasteiger partial charge in [-0.05, 0) is 32.7 Å². The smallest absolute Gasteiger partial charge is 0.110 e. The molecule has 2 atom stereocenters. The molecule has 0 bridgehead atoms. The SMILES string of the molecule is CCCn1ccnc1CC(CCC(C)OC)NCC. The van der Waals surface area contributed by atoms with Crippen molar-refractivity contribution in [2.75, 3.05) is 13.7 Å². The van der Waals surface area contributed by atoms with Crippen molar-refractivity contribution < 1.29 is 4.74 Å². The lowest BCUT2D eigenvalue weighted by Crippen LogP contribution is -2.33. The van der Waals surface area contributed by atoms with E-state index < -0.39 is 0 Å². The highest BCUT2D eigenvalue weighted by atomic mass is 16.5. The van der Waals surface area contributed by atoms with Crippen LogP contribution < -0.4 is 5.32 Å². The van der Waals surface area contributed by atoms with Crippen molar-refractivity contribution in [3.05, 3.63) is 18.2 Å². The fraction of sp³-hybridized carbons (Fsp3) is 0.800. The first-order valence-electron chi connectivity index (χ1n) is 7.47. The highest BCUT2D eigenvalue weighted by Crippen LogP contribution is 2.10. The molecule has 0 saturated heterocycles. The molecule has 1 aromatic heterocycles. The first-order chi connectivity index (χ1) is 9.21. The van der Waals surface area contributed by atoms with Crippen molar-refractivity contribution in [2.45, 2.75) is 65.1 Å². The number of nitrogens with zero attached hydrogens (tertiary/aromatic N) is 2. The third kappa shape index (κ3) is 5.74. The van der Waals surface area contributed by atoms with E-state index in [1.807, 2.05) is 6.20 Å². The van der Waals surface area contributed by atoms with Crippen molar-refractivity contribution in [1.82, 2.24) is 14.9 Å². The van der Waals surface area contributed by atoms with Gasteiger partial charge < -0.3 is 14.6 Å². The normalized spacial score (nSPS) is 14.5. The molecule has 0 aromatic carbocycles. The lowest BCUT2D eigenvalue weighted by Gasteiger charge is -2.20. The molecular weight excluding hydrogens is 238 g/mol. The zero-order valence-electron chi connectivity index (χ0n) is 12.9. The van der Waals surface area contributed by atoms with E-state index in [1.165, 1.54) is 5.82 Å². The zero-order valence-corrected chi connectivity index (χ0v) is 12.9. The number of aryl methyl sites for hydroxylation is 1. The minimum atomic E-state index is 0.330. The summed E-state index contributed by atoms with van der Waals surface area (Å²) in [5.41, 5.74) is 0. The second-order valence-electron chi connectivity index (χ2n) is 5.12. The van der Waals surface area contributed by atoms with E-state index in [4.69, 9.17) is 4.74 Å². The Bertz CT molecular complexity index is 338. The monoisotopic (exact) mass is 267 g/mol. The van der Waals surface area contributed by atoms with Crippen molar-refractivity contribution in [1.29, 1.82) is 0 Å². The standard InChI is InChI=1S/C15H29N3O/c1-5-10-18-11-9-17-15(18)12-14(16-6-2)8-7-13(3)19-4/h9,11,13-14,16H,5-8,10,12H2,1-4H3. The van der Waals surface area contributed by atoms with Gasteiger partial charge in [-0.3, -0.25) is 0 Å². The maximum atomic E-state index is 5.33. The molecule has 0 amide bonds. The van der Waals surface area contributed by atoms with Crippen molar-refractivity contribution in [3.8, 4) is 0 Å². The van der Waals surface area contributed by atoms with Crippen LogP contribution in [-0.4, -0.2) is 35.4 Å². The van der Waals surface area contributed by atoms with Crippen LogP contribution in [0.15, 0.2) is 12.4 Å². The lowest BCUT2D eigenvalue weighted by molar-refractivity contribution is 0.106. The summed E-state index contributed by atoms with van der Waals surface area (Å²) in [4.78, 5) is 4.50. The van der Waals surface area contributed by atoms with Crippen LogP contribution in [0.2, 0.25) is 0 Å². The number of aromatic nitrogens is 2. The van der Waals surface area contributed by atoms with E-state index in [0.717, 1.165) is 38.8 Å². The number of ether oxygens (including phenoxy) is 1. The number of methoxy groups -OCH3 is 1. The van der Waals surface area contributed by atoms with Gasteiger partial charge in [0, 0.05) is 38.5 Å². The average molecular weight is 267 g/mol. The topological polar surface area (TPSA) is 39.1 Å². The predicted octanol–water partition coefficient (Wildman–Crippen LogP) is 2.63. The highest BCUT2D eigenvalue weighted by molar-refractivity contribution is 4.95. The summed E-state index contributed by atoms with van der Waals surface area (Å²) in [6, 6.07) is 0.487. The Hall–Kier alpha value is -0.870. The molecule has 4 nitrogen and oxygen atoms in total. The van der Waals surface area contributed by atoms with Crippen LogP contribution in [-0.2, 0) is 17.7 Å². The molecule has 1 N–H and O–H groups in total. The van der Waals surface area contributed by atoms with E-state index in [9.17, 15) is 0 Å². The summed E-state index contributed by atoms with van der Waals surface area (Å²) in [5, 5.41) is 3.56. The van der Waals surface area contributed by atoms with Gasteiger partial charge in [-0.15, -0.1) is 0 Å². The van der Waals surface area contributed by atoms with Gasteiger partial charge in [0.2, 0.25) is 0 Å². The van der Waals surface area contributed by atoms with E-state index in [2.05, 4.69) is 41.8 Å². The molecule has 0 aliphatic heterocycles. The van der Waals surface area contributed by atoms with Crippen LogP contribution in [0.25, 0.3) is 0 Å². The van der Waals surface area contributed by atoms with Crippen molar-refractivity contribution in [3.63, 3.8) is 0 Å². The van der Waals surface area contributed by atoms with Crippen LogP contribution in [0.3, 0.4) is 0 Å². The fourth-order valence-electron chi connectivity index (χ4n) is 2.31. The maximum absolute atomic E-state index is 5.33. The molecule has 0 radical (unpaired) electrons. The molecule has 0 fully saturated rings. The van der Waals surface area contributed by atoms with Crippen LogP contribution >= 0.6 is 0 Å². The van der Waals surface area contributed by atoms with Crippen molar-refractivity contribution >= 4 is 0 Å². The van der Waals surface area contributed by atoms with E-state index in [-0.39, 0.29) is 0 Å². The Morgan fingerprint density at radius 2 is 2.16 bits per heavy atom. The van der Waals surface area contributed by atoms with Crippen LogP contribution in [0.4, 0.5) is 0 Å². The highest BCUT2D eigenvalue weighted by Gasteiger charge is 2.13. The molecule has 0 spiro atoms. The summed E-state index contributed by atoms with van der Waals surface area (Å²) in [7, 11) is 1.78. The van der Waals surface area contributed by atoms with Gasteiger partial charge in [0.05, 0.1) is 6.10 Å². The number of rotatable bonds is 10. The van der Waals surface area contributed by atoms with Gasteiger partial charge in [0.1, 0.15) is 5.82 Å². The van der Waals surface area contributed by atoms with Gasteiger partial charge in [0.15, 0.2) is 0 Å². The summed E-state index contributed by atoms with van der Waals surface area (Å²) < 4.78 is 7.60. The second kappa shape index (κ2) is 9.10. The molecule has 0 saturated carbocycles. The molecule has 1 heterocycles. The molecule has 0 aliphatic carbocycles. The van der Waals surface area contributed by atoms with Gasteiger partial charge in [-0.25, -0.2) is 4.98 Å².